The second-order valence-electron chi connectivity index (χ2n) is 4.23. The van der Waals surface area contributed by atoms with Gasteiger partial charge >= 0.3 is 12.1 Å². The van der Waals surface area contributed by atoms with Crippen molar-refractivity contribution in [3.63, 3.8) is 0 Å². The standard InChI is InChI=1S/C10H17NO5/c1-6(2)3-16-10(14)11-8-5-15-4-7(8)9(12)13/h6-8H,3-5H2,1-2H3,(H,11,14)(H,12,13). The van der Waals surface area contributed by atoms with Gasteiger partial charge in [-0.3, -0.25) is 4.79 Å². The van der Waals surface area contributed by atoms with E-state index < -0.39 is 24.0 Å². The first kappa shape index (κ1) is 12.8. The summed E-state index contributed by atoms with van der Waals surface area (Å²) in [7, 11) is 0. The lowest BCUT2D eigenvalue weighted by Gasteiger charge is -2.16. The summed E-state index contributed by atoms with van der Waals surface area (Å²) in [5.41, 5.74) is 0. The number of hydrogen-bond donors (Lipinski definition) is 2. The number of alkyl carbamates (subject to hydrolysis) is 1. The molecule has 6 nitrogen and oxygen atoms in total. The van der Waals surface area contributed by atoms with Crippen LogP contribution in [0, 0.1) is 11.8 Å². The van der Waals surface area contributed by atoms with Crippen molar-refractivity contribution < 1.29 is 24.2 Å². The van der Waals surface area contributed by atoms with Crippen LogP contribution in [0.15, 0.2) is 0 Å². The lowest BCUT2D eigenvalue weighted by Crippen LogP contribution is -2.43. The molecule has 1 aliphatic heterocycles. The lowest BCUT2D eigenvalue weighted by molar-refractivity contribution is -0.142. The van der Waals surface area contributed by atoms with Crippen LogP contribution in [0.25, 0.3) is 0 Å². The molecule has 1 saturated heterocycles. The van der Waals surface area contributed by atoms with E-state index in [-0.39, 0.29) is 19.1 Å². The van der Waals surface area contributed by atoms with E-state index in [0.717, 1.165) is 0 Å². The molecule has 0 aliphatic carbocycles. The first-order valence-corrected chi connectivity index (χ1v) is 5.24. The Labute approximate surface area is 93.9 Å². The summed E-state index contributed by atoms with van der Waals surface area (Å²) in [6.45, 7) is 4.51. The maximum absolute atomic E-state index is 11.3. The Morgan fingerprint density at radius 1 is 1.50 bits per heavy atom. The second-order valence-corrected chi connectivity index (χ2v) is 4.23. The number of nitrogens with one attached hydrogen (secondary N) is 1. The van der Waals surface area contributed by atoms with E-state index in [2.05, 4.69) is 5.32 Å². The molecule has 2 atom stereocenters. The molecule has 0 spiro atoms. The van der Waals surface area contributed by atoms with E-state index in [0.29, 0.717) is 6.61 Å². The van der Waals surface area contributed by atoms with Gasteiger partial charge in [0.25, 0.3) is 0 Å². The molecule has 6 heteroatoms. The highest BCUT2D eigenvalue weighted by atomic mass is 16.5. The lowest BCUT2D eigenvalue weighted by atomic mass is 10.1. The summed E-state index contributed by atoms with van der Waals surface area (Å²) >= 11 is 0. The van der Waals surface area contributed by atoms with Gasteiger partial charge in [-0.05, 0) is 5.92 Å². The molecule has 2 unspecified atom stereocenters. The number of rotatable bonds is 4. The first-order valence-electron chi connectivity index (χ1n) is 5.24. The number of hydrogen-bond acceptors (Lipinski definition) is 4. The monoisotopic (exact) mass is 231 g/mol. The number of carbonyl (C=O) groups is 2. The van der Waals surface area contributed by atoms with Gasteiger partial charge in [-0.2, -0.15) is 0 Å². The van der Waals surface area contributed by atoms with Crippen LogP contribution >= 0.6 is 0 Å². The predicted molar refractivity (Wildman–Crippen MR) is 55.1 cm³/mol. The number of aliphatic carboxylic acids is 1. The Hall–Kier alpha value is -1.30. The third kappa shape index (κ3) is 3.69. The Morgan fingerprint density at radius 3 is 2.75 bits per heavy atom. The minimum absolute atomic E-state index is 0.129. The highest BCUT2D eigenvalue weighted by Gasteiger charge is 2.35. The summed E-state index contributed by atoms with van der Waals surface area (Å²) in [5.74, 6) is -1.40. The van der Waals surface area contributed by atoms with Gasteiger partial charge < -0.3 is 19.9 Å². The smallest absolute Gasteiger partial charge is 0.407 e. The number of amides is 1. The second kappa shape index (κ2) is 5.69. The third-order valence-electron chi connectivity index (χ3n) is 2.25. The maximum Gasteiger partial charge on any atom is 0.407 e. The zero-order chi connectivity index (χ0) is 12.1. The Kier molecular flexibility index (Phi) is 4.54. The highest BCUT2D eigenvalue weighted by molar-refractivity contribution is 5.74. The van der Waals surface area contributed by atoms with Crippen LogP contribution in [-0.4, -0.2) is 43.0 Å². The minimum Gasteiger partial charge on any atom is -0.481 e. The molecule has 1 aliphatic rings. The van der Waals surface area contributed by atoms with E-state index in [1.54, 1.807) is 0 Å². The molecule has 0 aromatic rings. The summed E-state index contributed by atoms with van der Waals surface area (Å²) in [6.07, 6.45) is -0.588. The average molecular weight is 231 g/mol. The van der Waals surface area contributed by atoms with Crippen LogP contribution in [-0.2, 0) is 14.3 Å². The van der Waals surface area contributed by atoms with E-state index in [1.807, 2.05) is 13.8 Å². The Morgan fingerprint density at radius 2 is 2.19 bits per heavy atom. The van der Waals surface area contributed by atoms with Gasteiger partial charge in [-0.25, -0.2) is 4.79 Å². The fourth-order valence-electron chi connectivity index (χ4n) is 1.38. The van der Waals surface area contributed by atoms with E-state index in [4.69, 9.17) is 14.6 Å². The van der Waals surface area contributed by atoms with E-state index in [9.17, 15) is 9.59 Å². The van der Waals surface area contributed by atoms with Crippen molar-refractivity contribution in [2.45, 2.75) is 19.9 Å². The molecular formula is C10H17NO5. The van der Waals surface area contributed by atoms with E-state index >= 15 is 0 Å². The quantitative estimate of drug-likeness (QED) is 0.734. The van der Waals surface area contributed by atoms with Crippen molar-refractivity contribution in [2.24, 2.45) is 11.8 Å². The van der Waals surface area contributed by atoms with Gasteiger partial charge in [-0.15, -0.1) is 0 Å². The molecule has 1 fully saturated rings. The van der Waals surface area contributed by atoms with Crippen LogP contribution in [0.1, 0.15) is 13.8 Å². The molecule has 1 heterocycles. The molecule has 2 N–H and O–H groups in total. The molecule has 0 aromatic heterocycles. The predicted octanol–water partition coefficient (Wildman–Crippen LogP) is 0.468. The van der Waals surface area contributed by atoms with Crippen molar-refractivity contribution in [3.05, 3.63) is 0 Å². The fraction of sp³-hybridized carbons (Fsp3) is 0.800. The average Bonchev–Trinajstić information content (AvgIpc) is 2.62. The molecule has 0 radical (unpaired) electrons. The molecular weight excluding hydrogens is 214 g/mol. The molecule has 92 valence electrons. The van der Waals surface area contributed by atoms with Gasteiger partial charge in [0.15, 0.2) is 0 Å². The molecule has 16 heavy (non-hydrogen) atoms. The maximum atomic E-state index is 11.3. The van der Waals surface area contributed by atoms with Crippen LogP contribution < -0.4 is 5.32 Å². The molecule has 0 saturated carbocycles. The van der Waals surface area contributed by atoms with Crippen LogP contribution in [0.4, 0.5) is 4.79 Å². The minimum atomic E-state index is -0.966. The fourth-order valence-corrected chi connectivity index (χ4v) is 1.38. The van der Waals surface area contributed by atoms with Gasteiger partial charge in [-0.1, -0.05) is 13.8 Å². The largest absolute Gasteiger partial charge is 0.481 e. The summed E-state index contributed by atoms with van der Waals surface area (Å²) < 4.78 is 9.90. The third-order valence-corrected chi connectivity index (χ3v) is 2.25. The Bertz CT molecular complexity index is 266. The SMILES string of the molecule is CC(C)COC(=O)NC1COCC1C(=O)O. The Balaban J connectivity index is 2.35. The summed E-state index contributed by atoms with van der Waals surface area (Å²) in [5, 5.41) is 11.3. The van der Waals surface area contributed by atoms with Gasteiger partial charge in [0.2, 0.25) is 0 Å². The molecule has 0 aromatic carbocycles. The first-order chi connectivity index (χ1) is 7.50. The van der Waals surface area contributed by atoms with Crippen molar-refractivity contribution in [3.8, 4) is 0 Å². The summed E-state index contributed by atoms with van der Waals surface area (Å²) in [6, 6.07) is -0.503. The van der Waals surface area contributed by atoms with Gasteiger partial charge in [0.05, 0.1) is 25.9 Å². The number of carboxylic acid groups (broad SMARTS) is 1. The number of carboxylic acids is 1. The zero-order valence-corrected chi connectivity index (χ0v) is 9.43. The van der Waals surface area contributed by atoms with Gasteiger partial charge in [0, 0.05) is 0 Å². The van der Waals surface area contributed by atoms with E-state index in [1.165, 1.54) is 0 Å². The molecule has 0 bridgehead atoms. The van der Waals surface area contributed by atoms with Crippen LogP contribution in [0.3, 0.4) is 0 Å². The molecule has 1 rings (SSSR count). The zero-order valence-electron chi connectivity index (χ0n) is 9.43. The summed E-state index contributed by atoms with van der Waals surface area (Å²) in [4.78, 5) is 22.1. The number of carbonyl (C=O) groups excluding carboxylic acids is 1. The topological polar surface area (TPSA) is 84.9 Å². The molecule has 1 amide bonds. The van der Waals surface area contributed by atoms with Crippen molar-refractivity contribution >= 4 is 12.1 Å². The number of ether oxygens (including phenoxy) is 2. The van der Waals surface area contributed by atoms with Crippen LogP contribution in [0.2, 0.25) is 0 Å². The van der Waals surface area contributed by atoms with Crippen molar-refractivity contribution in [1.29, 1.82) is 0 Å². The van der Waals surface area contributed by atoms with Crippen molar-refractivity contribution in [2.75, 3.05) is 19.8 Å². The van der Waals surface area contributed by atoms with Gasteiger partial charge in [0.1, 0.15) is 5.92 Å². The normalized spacial score (nSPS) is 24.4. The van der Waals surface area contributed by atoms with Crippen LogP contribution in [0.5, 0.6) is 0 Å². The van der Waals surface area contributed by atoms with Crippen molar-refractivity contribution in [1.82, 2.24) is 5.32 Å². The highest BCUT2D eigenvalue weighted by Crippen LogP contribution is 2.13.